The first kappa shape index (κ1) is 20.0. The molecule has 1 heterocycles. The number of amides is 1. The van der Waals surface area contributed by atoms with Gasteiger partial charge in [0.1, 0.15) is 5.82 Å². The van der Waals surface area contributed by atoms with Gasteiger partial charge < -0.3 is 15.2 Å². The third-order valence-corrected chi connectivity index (χ3v) is 4.60. The Morgan fingerprint density at radius 2 is 2.12 bits per heavy atom. The van der Waals surface area contributed by atoms with E-state index in [1.54, 1.807) is 11.8 Å². The van der Waals surface area contributed by atoms with E-state index in [4.69, 9.17) is 17.1 Å². The van der Waals surface area contributed by atoms with E-state index < -0.39 is 0 Å². The number of nitrogens with two attached hydrogens (primary N) is 1. The molecule has 1 aliphatic rings. The SMILES string of the molecule is C#CCN(Cc1nc2c(n1CCCCCCCN)=CC=CCC=2)C(C)=O. The number of fused-ring (bicyclic) bond motifs is 1. The monoisotopic (exact) mass is 354 g/mol. The fourth-order valence-electron chi connectivity index (χ4n) is 3.15. The fraction of sp³-hybridized carbons (Fsp3) is 0.524. The van der Waals surface area contributed by atoms with Crippen molar-refractivity contribution in [2.24, 2.45) is 5.73 Å². The highest BCUT2D eigenvalue weighted by Gasteiger charge is 2.14. The molecular weight excluding hydrogens is 324 g/mol. The van der Waals surface area contributed by atoms with E-state index in [1.807, 2.05) is 0 Å². The number of unbranched alkanes of at least 4 members (excludes halogenated alkanes) is 4. The molecule has 0 fully saturated rings. The van der Waals surface area contributed by atoms with E-state index in [9.17, 15) is 4.79 Å². The lowest BCUT2D eigenvalue weighted by molar-refractivity contribution is -0.128. The minimum atomic E-state index is -0.0256. The summed E-state index contributed by atoms with van der Waals surface area (Å²) in [6, 6.07) is 0. The molecule has 0 bridgehead atoms. The summed E-state index contributed by atoms with van der Waals surface area (Å²) in [5.74, 6) is 3.45. The van der Waals surface area contributed by atoms with Gasteiger partial charge in [-0.1, -0.05) is 43.4 Å². The third-order valence-electron chi connectivity index (χ3n) is 4.60. The molecule has 5 heteroatoms. The number of carbonyl (C=O) groups is 1. The van der Waals surface area contributed by atoms with Crippen LogP contribution < -0.4 is 16.4 Å². The van der Waals surface area contributed by atoms with Gasteiger partial charge in [0.05, 0.1) is 23.8 Å². The van der Waals surface area contributed by atoms with Gasteiger partial charge in [0.2, 0.25) is 5.91 Å². The van der Waals surface area contributed by atoms with Crippen LogP contribution in [0.2, 0.25) is 0 Å². The molecule has 0 saturated carbocycles. The second-order valence-electron chi connectivity index (χ2n) is 6.62. The van der Waals surface area contributed by atoms with Crippen molar-refractivity contribution in [1.29, 1.82) is 0 Å². The minimum Gasteiger partial charge on any atom is -0.330 e. The number of imidazole rings is 1. The van der Waals surface area contributed by atoms with E-state index in [1.165, 1.54) is 19.3 Å². The summed E-state index contributed by atoms with van der Waals surface area (Å²) in [5.41, 5.74) is 5.55. The van der Waals surface area contributed by atoms with Crippen LogP contribution in [0, 0.1) is 12.3 Å². The number of rotatable bonds is 10. The zero-order valence-corrected chi connectivity index (χ0v) is 15.8. The van der Waals surface area contributed by atoms with E-state index in [2.05, 4.69) is 34.8 Å². The van der Waals surface area contributed by atoms with Crippen LogP contribution >= 0.6 is 0 Å². The third kappa shape index (κ3) is 5.60. The van der Waals surface area contributed by atoms with Crippen molar-refractivity contribution in [2.45, 2.75) is 58.5 Å². The van der Waals surface area contributed by atoms with Gasteiger partial charge in [-0.05, 0) is 31.9 Å². The van der Waals surface area contributed by atoms with Crippen LogP contribution in [0.5, 0.6) is 0 Å². The van der Waals surface area contributed by atoms with Gasteiger partial charge in [-0.2, -0.15) is 0 Å². The Morgan fingerprint density at radius 1 is 1.35 bits per heavy atom. The molecule has 26 heavy (non-hydrogen) atoms. The second-order valence-corrected chi connectivity index (χ2v) is 6.62. The average molecular weight is 354 g/mol. The molecule has 1 aliphatic carbocycles. The molecule has 0 saturated heterocycles. The van der Waals surface area contributed by atoms with Crippen molar-refractivity contribution < 1.29 is 4.79 Å². The van der Waals surface area contributed by atoms with Gasteiger partial charge in [0.15, 0.2) is 0 Å². The Bertz CT molecular complexity index is 782. The molecule has 1 aromatic rings. The Hall–Kier alpha value is -2.32. The lowest BCUT2D eigenvalue weighted by atomic mass is 10.1. The highest BCUT2D eigenvalue weighted by molar-refractivity contribution is 5.73. The molecule has 0 unspecified atom stereocenters. The van der Waals surface area contributed by atoms with Gasteiger partial charge >= 0.3 is 0 Å². The summed E-state index contributed by atoms with van der Waals surface area (Å²) in [6.45, 7) is 3.98. The predicted molar refractivity (Wildman–Crippen MR) is 106 cm³/mol. The summed E-state index contributed by atoms with van der Waals surface area (Å²) in [5, 5.41) is 2.12. The quantitative estimate of drug-likeness (QED) is 0.509. The zero-order valence-electron chi connectivity index (χ0n) is 15.8. The summed E-state index contributed by atoms with van der Waals surface area (Å²) >= 11 is 0. The molecule has 0 spiro atoms. The van der Waals surface area contributed by atoms with Gasteiger partial charge in [-0.15, -0.1) is 6.42 Å². The molecule has 0 aromatic carbocycles. The molecule has 0 aliphatic heterocycles. The molecule has 2 N–H and O–H groups in total. The van der Waals surface area contributed by atoms with Crippen LogP contribution in [-0.4, -0.2) is 33.4 Å². The normalized spacial score (nSPS) is 12.5. The minimum absolute atomic E-state index is 0.0256. The highest BCUT2D eigenvalue weighted by Crippen LogP contribution is 2.06. The zero-order chi connectivity index (χ0) is 18.8. The topological polar surface area (TPSA) is 64.2 Å². The number of terminal acetylenes is 1. The summed E-state index contributed by atoms with van der Waals surface area (Å²) in [6.07, 6.45) is 20.5. The summed E-state index contributed by atoms with van der Waals surface area (Å²) in [7, 11) is 0. The largest absolute Gasteiger partial charge is 0.330 e. The van der Waals surface area contributed by atoms with Crippen LogP contribution in [0.4, 0.5) is 0 Å². The molecule has 0 radical (unpaired) electrons. The molecular formula is C21H30N4O. The first-order chi connectivity index (χ1) is 12.7. The predicted octanol–water partition coefficient (Wildman–Crippen LogP) is 1.29. The molecule has 0 atom stereocenters. The standard InChI is InChI=1S/C21H30N4O/c1-3-15-24(18(2)26)17-21-23-19-12-8-7-9-13-20(19)25(21)16-11-6-4-5-10-14-22/h1,7,9,12-13H,4-6,8,10-11,14-17,22H2,2H3. The van der Waals surface area contributed by atoms with Gasteiger partial charge in [-0.25, -0.2) is 4.98 Å². The van der Waals surface area contributed by atoms with Crippen LogP contribution in [-0.2, 0) is 17.9 Å². The number of aromatic nitrogens is 2. The maximum Gasteiger partial charge on any atom is 0.220 e. The number of allylic oxidation sites excluding steroid dienone is 2. The lowest BCUT2D eigenvalue weighted by Gasteiger charge is -2.18. The van der Waals surface area contributed by atoms with Gasteiger partial charge in [0.25, 0.3) is 0 Å². The average Bonchev–Trinajstić information content (AvgIpc) is 2.78. The number of nitrogens with zero attached hydrogens (tertiary/aromatic N) is 3. The number of carbonyl (C=O) groups excluding carboxylic acids is 1. The van der Waals surface area contributed by atoms with Gasteiger partial charge in [0, 0.05) is 13.5 Å². The maximum atomic E-state index is 11.9. The Kier molecular flexibility index (Phi) is 8.17. The van der Waals surface area contributed by atoms with E-state index in [0.717, 1.165) is 48.9 Å². The Labute approximate surface area is 156 Å². The second kappa shape index (κ2) is 10.6. The highest BCUT2D eigenvalue weighted by atomic mass is 16.2. The van der Waals surface area contributed by atoms with Crippen LogP contribution in [0.3, 0.4) is 0 Å². The van der Waals surface area contributed by atoms with Crippen molar-refractivity contribution in [3.8, 4) is 12.3 Å². The van der Waals surface area contributed by atoms with Crippen LogP contribution in [0.1, 0.15) is 51.3 Å². The molecule has 1 amide bonds. The number of hydrogen-bond donors (Lipinski definition) is 1. The van der Waals surface area contributed by atoms with Crippen molar-refractivity contribution in [2.75, 3.05) is 13.1 Å². The van der Waals surface area contributed by atoms with Crippen LogP contribution in [0.25, 0.3) is 12.2 Å². The van der Waals surface area contributed by atoms with E-state index in [0.29, 0.717) is 13.1 Å². The summed E-state index contributed by atoms with van der Waals surface area (Å²) < 4.78 is 2.25. The maximum absolute atomic E-state index is 11.9. The fourth-order valence-corrected chi connectivity index (χ4v) is 3.15. The van der Waals surface area contributed by atoms with Crippen molar-refractivity contribution in [1.82, 2.24) is 14.5 Å². The van der Waals surface area contributed by atoms with E-state index >= 15 is 0 Å². The smallest absolute Gasteiger partial charge is 0.220 e. The molecule has 140 valence electrons. The van der Waals surface area contributed by atoms with Crippen molar-refractivity contribution in [3.05, 3.63) is 28.7 Å². The van der Waals surface area contributed by atoms with E-state index in [-0.39, 0.29) is 5.91 Å². The van der Waals surface area contributed by atoms with Crippen LogP contribution in [0.15, 0.2) is 12.2 Å². The Balaban J connectivity index is 2.19. The first-order valence-electron chi connectivity index (χ1n) is 9.49. The first-order valence-corrected chi connectivity index (χ1v) is 9.49. The van der Waals surface area contributed by atoms with Crippen molar-refractivity contribution >= 4 is 18.1 Å². The van der Waals surface area contributed by atoms with Gasteiger partial charge in [-0.3, -0.25) is 4.79 Å². The lowest BCUT2D eigenvalue weighted by Crippen LogP contribution is -2.32. The Morgan fingerprint density at radius 3 is 2.85 bits per heavy atom. The molecule has 5 nitrogen and oxygen atoms in total. The number of hydrogen-bond acceptors (Lipinski definition) is 3. The van der Waals surface area contributed by atoms with Crippen molar-refractivity contribution in [3.63, 3.8) is 0 Å². The molecule has 2 rings (SSSR count). The molecule has 1 aromatic heterocycles. The summed E-state index contributed by atoms with van der Waals surface area (Å²) in [4.78, 5) is 18.3.